The zero-order valence-electron chi connectivity index (χ0n) is 12.4. The SMILES string of the molecule is O=C(Nc1[nH]nc2c1CCCC2)C1OCCc2ccccc21. The van der Waals surface area contributed by atoms with E-state index in [1.807, 2.05) is 18.2 Å². The number of H-pyrrole nitrogens is 1. The summed E-state index contributed by atoms with van der Waals surface area (Å²) in [4.78, 5) is 12.6. The highest BCUT2D eigenvalue weighted by atomic mass is 16.5. The average Bonchev–Trinajstić information content (AvgIpc) is 2.97. The van der Waals surface area contributed by atoms with Crippen molar-refractivity contribution in [1.82, 2.24) is 10.2 Å². The van der Waals surface area contributed by atoms with Crippen molar-refractivity contribution in [3.8, 4) is 0 Å². The van der Waals surface area contributed by atoms with Crippen LogP contribution in [0.4, 0.5) is 5.82 Å². The highest BCUT2D eigenvalue weighted by Gasteiger charge is 2.28. The summed E-state index contributed by atoms with van der Waals surface area (Å²) < 4.78 is 5.71. The van der Waals surface area contributed by atoms with E-state index in [4.69, 9.17) is 4.74 Å². The van der Waals surface area contributed by atoms with Crippen LogP contribution in [0.3, 0.4) is 0 Å². The van der Waals surface area contributed by atoms with Crippen LogP contribution in [0.15, 0.2) is 24.3 Å². The van der Waals surface area contributed by atoms with Gasteiger partial charge in [0.1, 0.15) is 5.82 Å². The van der Waals surface area contributed by atoms with Crippen LogP contribution < -0.4 is 5.32 Å². The van der Waals surface area contributed by atoms with Crippen LogP contribution in [0.2, 0.25) is 0 Å². The molecule has 0 spiro atoms. The third-order valence-electron chi connectivity index (χ3n) is 4.52. The second-order valence-electron chi connectivity index (χ2n) is 5.92. The maximum Gasteiger partial charge on any atom is 0.259 e. The molecule has 5 heteroatoms. The number of amides is 1. The Morgan fingerprint density at radius 1 is 1.23 bits per heavy atom. The van der Waals surface area contributed by atoms with Gasteiger partial charge in [0.05, 0.1) is 12.3 Å². The van der Waals surface area contributed by atoms with E-state index in [9.17, 15) is 4.79 Å². The molecular weight excluding hydrogens is 278 g/mol. The van der Waals surface area contributed by atoms with Gasteiger partial charge in [0, 0.05) is 5.56 Å². The normalized spacial score (nSPS) is 20.1. The summed E-state index contributed by atoms with van der Waals surface area (Å²) in [5.41, 5.74) is 4.41. The quantitative estimate of drug-likeness (QED) is 0.895. The monoisotopic (exact) mass is 297 g/mol. The number of carbonyl (C=O) groups is 1. The standard InChI is InChI=1S/C17H19N3O2/c21-17(15-12-6-2-1-5-11(12)9-10-22-15)18-16-13-7-3-4-8-14(13)19-20-16/h1-2,5-6,15H,3-4,7-10H2,(H2,18,19,20,21). The minimum absolute atomic E-state index is 0.121. The zero-order valence-corrected chi connectivity index (χ0v) is 12.4. The lowest BCUT2D eigenvalue weighted by Crippen LogP contribution is -2.28. The summed E-state index contributed by atoms with van der Waals surface area (Å²) in [7, 11) is 0. The molecule has 1 aliphatic carbocycles. The third-order valence-corrected chi connectivity index (χ3v) is 4.52. The second-order valence-corrected chi connectivity index (χ2v) is 5.92. The van der Waals surface area contributed by atoms with Gasteiger partial charge in [0.25, 0.3) is 5.91 Å². The van der Waals surface area contributed by atoms with Gasteiger partial charge in [0.2, 0.25) is 0 Å². The van der Waals surface area contributed by atoms with Crippen LogP contribution >= 0.6 is 0 Å². The van der Waals surface area contributed by atoms with E-state index in [1.165, 1.54) is 12.0 Å². The number of nitrogens with zero attached hydrogens (tertiary/aromatic N) is 1. The highest BCUT2D eigenvalue weighted by molar-refractivity contribution is 5.95. The number of hydrogen-bond acceptors (Lipinski definition) is 3. The molecule has 0 bridgehead atoms. The predicted molar refractivity (Wildman–Crippen MR) is 82.7 cm³/mol. The second kappa shape index (κ2) is 5.57. The molecule has 4 rings (SSSR count). The first-order chi connectivity index (χ1) is 10.8. The number of aryl methyl sites for hydroxylation is 1. The van der Waals surface area contributed by atoms with Crippen LogP contribution in [-0.4, -0.2) is 22.7 Å². The van der Waals surface area contributed by atoms with Crippen molar-refractivity contribution >= 4 is 11.7 Å². The molecule has 0 radical (unpaired) electrons. The molecule has 1 unspecified atom stereocenters. The molecule has 1 aromatic carbocycles. The Labute approximate surface area is 129 Å². The molecular formula is C17H19N3O2. The molecule has 2 aromatic rings. The van der Waals surface area contributed by atoms with Crippen LogP contribution in [-0.2, 0) is 28.8 Å². The topological polar surface area (TPSA) is 67.0 Å². The number of carbonyl (C=O) groups excluding carboxylic acids is 1. The van der Waals surface area contributed by atoms with Crippen LogP contribution in [0, 0.1) is 0 Å². The number of nitrogens with one attached hydrogen (secondary N) is 2. The van der Waals surface area contributed by atoms with E-state index in [-0.39, 0.29) is 5.91 Å². The van der Waals surface area contributed by atoms with Crippen molar-refractivity contribution in [3.05, 3.63) is 46.6 Å². The molecule has 0 fully saturated rings. The number of anilines is 1. The molecule has 114 valence electrons. The molecule has 0 saturated heterocycles. The average molecular weight is 297 g/mol. The van der Waals surface area contributed by atoms with Gasteiger partial charge in [-0.3, -0.25) is 9.89 Å². The Kier molecular flexibility index (Phi) is 3.42. The molecule has 0 saturated carbocycles. The van der Waals surface area contributed by atoms with Gasteiger partial charge in [-0.05, 0) is 43.2 Å². The Balaban J connectivity index is 1.57. The molecule has 22 heavy (non-hydrogen) atoms. The summed E-state index contributed by atoms with van der Waals surface area (Å²) in [6.45, 7) is 0.580. The van der Waals surface area contributed by atoms with Crippen LogP contribution in [0.1, 0.15) is 41.3 Å². The van der Waals surface area contributed by atoms with Crippen molar-refractivity contribution in [2.75, 3.05) is 11.9 Å². The first-order valence-electron chi connectivity index (χ1n) is 7.89. The minimum atomic E-state index is -0.535. The lowest BCUT2D eigenvalue weighted by atomic mass is 9.96. The molecule has 1 aromatic heterocycles. The Hall–Kier alpha value is -2.14. The fraction of sp³-hybridized carbons (Fsp3) is 0.412. The van der Waals surface area contributed by atoms with Gasteiger partial charge in [-0.1, -0.05) is 24.3 Å². The Morgan fingerprint density at radius 2 is 2.09 bits per heavy atom. The van der Waals surface area contributed by atoms with Gasteiger partial charge in [-0.15, -0.1) is 0 Å². The first kappa shape index (κ1) is 13.5. The van der Waals surface area contributed by atoms with E-state index in [0.717, 1.165) is 48.3 Å². The fourth-order valence-electron chi connectivity index (χ4n) is 3.38. The van der Waals surface area contributed by atoms with Crippen molar-refractivity contribution < 1.29 is 9.53 Å². The van der Waals surface area contributed by atoms with E-state index in [2.05, 4.69) is 21.6 Å². The Bertz CT molecular complexity index is 708. The lowest BCUT2D eigenvalue weighted by molar-refractivity contribution is -0.128. The van der Waals surface area contributed by atoms with E-state index in [1.54, 1.807) is 0 Å². The zero-order chi connectivity index (χ0) is 14.9. The molecule has 1 amide bonds. The summed E-state index contributed by atoms with van der Waals surface area (Å²) in [6.07, 6.45) is 4.61. The predicted octanol–water partition coefficient (Wildman–Crippen LogP) is 2.54. The van der Waals surface area contributed by atoms with Crippen LogP contribution in [0.25, 0.3) is 0 Å². The molecule has 1 aliphatic heterocycles. The number of benzene rings is 1. The van der Waals surface area contributed by atoms with Crippen molar-refractivity contribution in [2.24, 2.45) is 0 Å². The molecule has 2 N–H and O–H groups in total. The number of ether oxygens (including phenoxy) is 1. The van der Waals surface area contributed by atoms with E-state index < -0.39 is 6.10 Å². The van der Waals surface area contributed by atoms with Gasteiger partial charge < -0.3 is 10.1 Å². The number of hydrogen-bond donors (Lipinski definition) is 2. The van der Waals surface area contributed by atoms with Crippen molar-refractivity contribution in [3.63, 3.8) is 0 Å². The van der Waals surface area contributed by atoms with Gasteiger partial charge in [-0.25, -0.2) is 0 Å². The highest BCUT2D eigenvalue weighted by Crippen LogP contribution is 2.30. The van der Waals surface area contributed by atoms with Gasteiger partial charge in [0.15, 0.2) is 6.10 Å². The van der Waals surface area contributed by atoms with Gasteiger partial charge >= 0.3 is 0 Å². The van der Waals surface area contributed by atoms with Crippen LogP contribution in [0.5, 0.6) is 0 Å². The van der Waals surface area contributed by atoms with E-state index >= 15 is 0 Å². The van der Waals surface area contributed by atoms with Gasteiger partial charge in [-0.2, -0.15) is 5.10 Å². The number of aromatic nitrogens is 2. The number of fused-ring (bicyclic) bond motifs is 2. The fourth-order valence-corrected chi connectivity index (χ4v) is 3.38. The lowest BCUT2D eigenvalue weighted by Gasteiger charge is -2.25. The third kappa shape index (κ3) is 2.31. The number of aromatic amines is 1. The summed E-state index contributed by atoms with van der Waals surface area (Å²) in [5, 5.41) is 10.3. The molecule has 2 heterocycles. The summed E-state index contributed by atoms with van der Waals surface area (Å²) in [6, 6.07) is 7.99. The molecule has 2 aliphatic rings. The van der Waals surface area contributed by atoms with E-state index in [0.29, 0.717) is 6.61 Å². The minimum Gasteiger partial charge on any atom is -0.363 e. The number of rotatable bonds is 2. The molecule has 1 atom stereocenters. The maximum absolute atomic E-state index is 12.6. The first-order valence-corrected chi connectivity index (χ1v) is 7.89. The summed E-state index contributed by atoms with van der Waals surface area (Å²) >= 11 is 0. The van der Waals surface area contributed by atoms with Crippen molar-refractivity contribution in [1.29, 1.82) is 0 Å². The smallest absolute Gasteiger partial charge is 0.259 e. The summed E-state index contributed by atoms with van der Waals surface area (Å²) in [5.74, 6) is 0.621. The Morgan fingerprint density at radius 3 is 3.05 bits per heavy atom. The van der Waals surface area contributed by atoms with Crippen molar-refractivity contribution in [2.45, 2.75) is 38.2 Å². The largest absolute Gasteiger partial charge is 0.363 e. The maximum atomic E-state index is 12.6. The molecule has 5 nitrogen and oxygen atoms in total.